The van der Waals surface area contributed by atoms with E-state index >= 15 is 0 Å². The summed E-state index contributed by atoms with van der Waals surface area (Å²) in [6.45, 7) is 4.58. The highest BCUT2D eigenvalue weighted by Gasteiger charge is 2.43. The Bertz CT molecular complexity index is 433. The average Bonchev–Trinajstić information content (AvgIpc) is 2.47. The molecule has 2 bridgehead atoms. The second-order valence-electron chi connectivity index (χ2n) is 6.11. The van der Waals surface area contributed by atoms with Crippen molar-refractivity contribution < 1.29 is 9.53 Å². The Morgan fingerprint density at radius 1 is 1.21 bits per heavy atom. The van der Waals surface area contributed by atoms with Crippen molar-refractivity contribution in [3.05, 3.63) is 23.3 Å². The van der Waals surface area contributed by atoms with E-state index in [1.807, 2.05) is 6.92 Å². The fraction of sp³-hybridized carbons (Fsp3) is 0.706. The second-order valence-corrected chi connectivity index (χ2v) is 6.11. The normalized spacial score (nSPS) is 36.3. The molecule has 19 heavy (non-hydrogen) atoms. The number of hydrogen-bond donors (Lipinski definition) is 0. The summed E-state index contributed by atoms with van der Waals surface area (Å²) in [7, 11) is 0. The van der Waals surface area contributed by atoms with Crippen LogP contribution in [0.4, 0.5) is 0 Å². The molecule has 0 N–H and O–H groups in total. The summed E-state index contributed by atoms with van der Waals surface area (Å²) in [5.74, 6) is 2.23. The van der Waals surface area contributed by atoms with Crippen molar-refractivity contribution in [3.8, 4) is 0 Å². The number of esters is 1. The van der Waals surface area contributed by atoms with Gasteiger partial charge in [0.1, 0.15) is 0 Å². The summed E-state index contributed by atoms with van der Waals surface area (Å²) >= 11 is 0. The lowest BCUT2D eigenvalue weighted by molar-refractivity contribution is -0.139. The Morgan fingerprint density at radius 3 is 2.68 bits per heavy atom. The Morgan fingerprint density at radius 2 is 2.05 bits per heavy atom. The van der Waals surface area contributed by atoms with Gasteiger partial charge in [0.15, 0.2) is 0 Å². The number of allylic oxidation sites excluding steroid dienone is 3. The van der Waals surface area contributed by atoms with Crippen molar-refractivity contribution in [1.29, 1.82) is 0 Å². The molecule has 4 aliphatic carbocycles. The lowest BCUT2D eigenvalue weighted by Crippen LogP contribution is -2.37. The van der Waals surface area contributed by atoms with Gasteiger partial charge in [-0.15, -0.1) is 0 Å². The van der Waals surface area contributed by atoms with Gasteiger partial charge in [0.25, 0.3) is 0 Å². The minimum Gasteiger partial charge on any atom is -0.463 e. The van der Waals surface area contributed by atoms with Gasteiger partial charge in [-0.1, -0.05) is 19.1 Å². The van der Waals surface area contributed by atoms with Crippen LogP contribution in [0.15, 0.2) is 23.3 Å². The minimum absolute atomic E-state index is 0.0324. The van der Waals surface area contributed by atoms with Crippen LogP contribution in [-0.2, 0) is 9.53 Å². The highest BCUT2D eigenvalue weighted by molar-refractivity contribution is 5.90. The number of rotatable bonds is 3. The molecule has 0 aromatic carbocycles. The molecular weight excluding hydrogens is 236 g/mol. The SMILES string of the molecule is CCOC(=O)C1=C2C3C=CC(CC3)C2CCC1CC. The first kappa shape index (κ1) is 13.0. The van der Waals surface area contributed by atoms with E-state index in [0.717, 1.165) is 18.4 Å². The van der Waals surface area contributed by atoms with Gasteiger partial charge in [-0.05, 0) is 68.3 Å². The molecule has 0 aromatic heterocycles. The van der Waals surface area contributed by atoms with Gasteiger partial charge in [0, 0.05) is 5.57 Å². The van der Waals surface area contributed by atoms with Crippen LogP contribution in [0.5, 0.6) is 0 Å². The predicted octanol–water partition coefficient (Wildman–Crippen LogP) is 3.88. The van der Waals surface area contributed by atoms with E-state index in [1.54, 1.807) is 0 Å². The van der Waals surface area contributed by atoms with Crippen LogP contribution in [0, 0.1) is 23.7 Å². The van der Waals surface area contributed by atoms with Crippen LogP contribution >= 0.6 is 0 Å². The van der Waals surface area contributed by atoms with Crippen LogP contribution in [0.25, 0.3) is 0 Å². The third-order valence-electron chi connectivity index (χ3n) is 5.25. The van der Waals surface area contributed by atoms with E-state index in [1.165, 1.54) is 24.8 Å². The number of fused-ring (bicyclic) bond motifs is 1. The van der Waals surface area contributed by atoms with Gasteiger partial charge in [-0.25, -0.2) is 4.79 Å². The molecule has 0 spiro atoms. The van der Waals surface area contributed by atoms with Crippen LogP contribution in [0.3, 0.4) is 0 Å². The van der Waals surface area contributed by atoms with Gasteiger partial charge in [-0.2, -0.15) is 0 Å². The maximum atomic E-state index is 12.4. The first-order valence-electron chi connectivity index (χ1n) is 7.85. The van der Waals surface area contributed by atoms with E-state index in [-0.39, 0.29) is 5.97 Å². The molecule has 1 fully saturated rings. The molecular formula is C17H24O2. The lowest BCUT2D eigenvalue weighted by atomic mass is 9.59. The summed E-state index contributed by atoms with van der Waals surface area (Å²) in [6, 6.07) is 0. The van der Waals surface area contributed by atoms with Crippen molar-refractivity contribution >= 4 is 5.97 Å². The first-order chi connectivity index (χ1) is 9.26. The Balaban J connectivity index is 2.03. The number of carbonyl (C=O) groups excluding carboxylic acids is 1. The molecule has 0 amide bonds. The molecule has 4 unspecified atom stereocenters. The van der Waals surface area contributed by atoms with Crippen molar-refractivity contribution in [3.63, 3.8) is 0 Å². The number of hydrogen-bond acceptors (Lipinski definition) is 2. The highest BCUT2D eigenvalue weighted by atomic mass is 16.5. The Hall–Kier alpha value is -1.05. The summed E-state index contributed by atoms with van der Waals surface area (Å²) in [6.07, 6.45) is 10.8. The van der Waals surface area contributed by atoms with Crippen LogP contribution in [0.2, 0.25) is 0 Å². The molecule has 0 aliphatic heterocycles. The zero-order chi connectivity index (χ0) is 13.4. The molecule has 0 heterocycles. The van der Waals surface area contributed by atoms with Gasteiger partial charge in [0.2, 0.25) is 0 Å². The fourth-order valence-electron chi connectivity index (χ4n) is 4.37. The predicted molar refractivity (Wildman–Crippen MR) is 75.5 cm³/mol. The van der Waals surface area contributed by atoms with Gasteiger partial charge < -0.3 is 4.74 Å². The van der Waals surface area contributed by atoms with Crippen LogP contribution in [0.1, 0.15) is 46.0 Å². The summed E-state index contributed by atoms with van der Waals surface area (Å²) in [4.78, 5) is 12.4. The summed E-state index contributed by atoms with van der Waals surface area (Å²) < 4.78 is 5.35. The molecule has 1 saturated carbocycles. The van der Waals surface area contributed by atoms with E-state index in [2.05, 4.69) is 19.1 Å². The minimum atomic E-state index is -0.0324. The van der Waals surface area contributed by atoms with Crippen molar-refractivity contribution in [2.75, 3.05) is 6.61 Å². The van der Waals surface area contributed by atoms with Gasteiger partial charge in [-0.3, -0.25) is 0 Å². The zero-order valence-corrected chi connectivity index (χ0v) is 12.0. The molecule has 0 aromatic rings. The highest BCUT2D eigenvalue weighted by Crippen LogP contribution is 2.52. The smallest absolute Gasteiger partial charge is 0.334 e. The fourth-order valence-corrected chi connectivity index (χ4v) is 4.37. The Labute approximate surface area is 115 Å². The maximum Gasteiger partial charge on any atom is 0.334 e. The van der Waals surface area contributed by atoms with Crippen LogP contribution in [-0.4, -0.2) is 12.6 Å². The zero-order valence-electron chi connectivity index (χ0n) is 12.0. The molecule has 4 rings (SSSR count). The van der Waals surface area contributed by atoms with E-state index in [0.29, 0.717) is 30.3 Å². The van der Waals surface area contributed by atoms with Crippen molar-refractivity contribution in [2.24, 2.45) is 23.7 Å². The molecule has 0 saturated heterocycles. The second kappa shape index (κ2) is 5.15. The first-order valence-corrected chi connectivity index (χ1v) is 7.85. The topological polar surface area (TPSA) is 26.3 Å². The van der Waals surface area contributed by atoms with Gasteiger partial charge in [0.05, 0.1) is 6.61 Å². The molecule has 0 radical (unpaired) electrons. The lowest BCUT2D eigenvalue weighted by Gasteiger charge is -2.46. The molecule has 104 valence electrons. The number of carbonyl (C=O) groups is 1. The third-order valence-corrected chi connectivity index (χ3v) is 5.25. The number of ether oxygens (including phenoxy) is 1. The van der Waals surface area contributed by atoms with E-state index in [9.17, 15) is 4.79 Å². The van der Waals surface area contributed by atoms with E-state index in [4.69, 9.17) is 4.74 Å². The van der Waals surface area contributed by atoms with Crippen molar-refractivity contribution in [2.45, 2.75) is 46.0 Å². The average molecular weight is 260 g/mol. The molecule has 4 aliphatic rings. The standard InChI is InChI=1S/C17H24O2/c1-3-11-9-10-14-12-5-7-13(8-6-12)15(14)16(11)17(18)19-4-2/h5,7,11-14H,3-4,6,8-10H2,1-2H3. The molecule has 4 atom stereocenters. The summed E-state index contributed by atoms with van der Waals surface area (Å²) in [5.41, 5.74) is 2.51. The molecule has 2 nitrogen and oxygen atoms in total. The van der Waals surface area contributed by atoms with Gasteiger partial charge >= 0.3 is 5.97 Å². The van der Waals surface area contributed by atoms with Crippen molar-refractivity contribution in [1.82, 2.24) is 0 Å². The molecule has 2 heteroatoms. The monoisotopic (exact) mass is 260 g/mol. The summed E-state index contributed by atoms with van der Waals surface area (Å²) in [5, 5.41) is 0. The van der Waals surface area contributed by atoms with E-state index < -0.39 is 0 Å². The maximum absolute atomic E-state index is 12.4. The largest absolute Gasteiger partial charge is 0.463 e. The van der Waals surface area contributed by atoms with Crippen LogP contribution < -0.4 is 0 Å². The quantitative estimate of drug-likeness (QED) is 0.568. The Kier molecular flexibility index (Phi) is 3.51. The third kappa shape index (κ3) is 2.05.